The van der Waals surface area contributed by atoms with Crippen molar-refractivity contribution in [1.29, 1.82) is 0 Å². The quantitative estimate of drug-likeness (QED) is 0.776. The molecular formula is C18H21Cl2N2OS+. The molecule has 128 valence electrons. The van der Waals surface area contributed by atoms with Crippen LogP contribution in [0.5, 0.6) is 5.75 Å². The lowest BCUT2D eigenvalue weighted by Gasteiger charge is -2.33. The summed E-state index contributed by atoms with van der Waals surface area (Å²) in [5, 5.41) is 10.9. The molecular weight excluding hydrogens is 363 g/mol. The zero-order chi connectivity index (χ0) is 16.9. The summed E-state index contributed by atoms with van der Waals surface area (Å²) in [6, 6.07) is 13.1. The van der Waals surface area contributed by atoms with Gasteiger partial charge in [0, 0.05) is 21.4 Å². The zero-order valence-corrected chi connectivity index (χ0v) is 15.7. The Hall–Kier alpha value is -1.07. The maximum atomic E-state index is 9.38. The highest BCUT2D eigenvalue weighted by atomic mass is 35.5. The first kappa shape index (κ1) is 17.7. The number of quaternary nitrogens is 1. The highest BCUT2D eigenvalue weighted by molar-refractivity contribution is 7.99. The van der Waals surface area contributed by atoms with Crippen LogP contribution in [0.3, 0.4) is 0 Å². The van der Waals surface area contributed by atoms with Gasteiger partial charge in [-0.1, -0.05) is 23.2 Å². The van der Waals surface area contributed by atoms with Crippen molar-refractivity contribution >= 4 is 40.7 Å². The van der Waals surface area contributed by atoms with Gasteiger partial charge in [0.15, 0.2) is 0 Å². The number of hydrogen-bond acceptors (Lipinski definition) is 3. The molecule has 0 aromatic heterocycles. The van der Waals surface area contributed by atoms with E-state index < -0.39 is 0 Å². The molecule has 2 aromatic rings. The molecule has 0 spiro atoms. The van der Waals surface area contributed by atoms with Gasteiger partial charge in [-0.3, -0.25) is 0 Å². The van der Waals surface area contributed by atoms with Gasteiger partial charge in [0.25, 0.3) is 0 Å². The number of halogens is 2. The Balaban J connectivity index is 1.44. The van der Waals surface area contributed by atoms with Crippen molar-refractivity contribution in [3.05, 3.63) is 52.5 Å². The van der Waals surface area contributed by atoms with Crippen LogP contribution in [0.2, 0.25) is 10.0 Å². The maximum absolute atomic E-state index is 9.38. The highest BCUT2D eigenvalue weighted by Gasteiger charge is 2.20. The Morgan fingerprint density at radius 2 is 1.75 bits per heavy atom. The Bertz CT molecular complexity index is 673. The number of thioether (sulfide) groups is 1. The second-order valence-corrected chi connectivity index (χ2v) is 7.91. The van der Waals surface area contributed by atoms with Gasteiger partial charge in [-0.05, 0) is 42.5 Å². The average molecular weight is 384 g/mol. The van der Waals surface area contributed by atoms with Crippen LogP contribution in [0.25, 0.3) is 0 Å². The fourth-order valence-corrected chi connectivity index (χ4v) is 4.43. The van der Waals surface area contributed by atoms with Gasteiger partial charge >= 0.3 is 0 Å². The van der Waals surface area contributed by atoms with Crippen LogP contribution in [-0.2, 0) is 0 Å². The zero-order valence-electron chi connectivity index (χ0n) is 13.3. The summed E-state index contributed by atoms with van der Waals surface area (Å²) >= 11 is 14.0. The molecule has 0 unspecified atom stereocenters. The molecule has 3 nitrogen and oxygen atoms in total. The van der Waals surface area contributed by atoms with E-state index in [2.05, 4.69) is 4.90 Å². The Morgan fingerprint density at radius 1 is 1.04 bits per heavy atom. The molecule has 2 N–H and O–H groups in total. The smallest absolute Gasteiger partial charge is 0.115 e. The highest BCUT2D eigenvalue weighted by Crippen LogP contribution is 2.29. The normalized spacial score (nSPS) is 15.7. The molecule has 0 saturated carbocycles. The summed E-state index contributed by atoms with van der Waals surface area (Å²) in [5.74, 6) is 1.36. The predicted octanol–water partition coefficient (Wildman–Crippen LogP) is 3.20. The van der Waals surface area contributed by atoms with Crippen LogP contribution in [0.1, 0.15) is 0 Å². The van der Waals surface area contributed by atoms with Gasteiger partial charge in [0.1, 0.15) is 5.75 Å². The topological polar surface area (TPSA) is 27.9 Å². The molecule has 1 saturated heterocycles. The minimum Gasteiger partial charge on any atom is -0.508 e. The number of rotatable bonds is 5. The third-order valence-corrected chi connectivity index (χ3v) is 6.03. The van der Waals surface area contributed by atoms with E-state index in [1.165, 1.54) is 5.69 Å². The average Bonchev–Trinajstić information content (AvgIpc) is 2.59. The summed E-state index contributed by atoms with van der Waals surface area (Å²) in [6.45, 7) is 5.47. The van der Waals surface area contributed by atoms with E-state index in [1.54, 1.807) is 28.8 Å². The molecule has 0 amide bonds. The Morgan fingerprint density at radius 3 is 2.46 bits per heavy atom. The van der Waals surface area contributed by atoms with Crippen LogP contribution in [0, 0.1) is 0 Å². The SMILES string of the molecule is Oc1ccc(N2CC[NH+](CCSc3cc(Cl)ccc3Cl)CC2)cc1. The van der Waals surface area contributed by atoms with E-state index in [0.29, 0.717) is 5.75 Å². The van der Waals surface area contributed by atoms with Gasteiger partial charge in [-0.15, -0.1) is 11.8 Å². The molecule has 1 fully saturated rings. The van der Waals surface area contributed by atoms with Crippen LogP contribution in [-0.4, -0.2) is 43.6 Å². The van der Waals surface area contributed by atoms with Crippen molar-refractivity contribution in [2.75, 3.05) is 43.4 Å². The summed E-state index contributed by atoms with van der Waals surface area (Å²) < 4.78 is 0. The van der Waals surface area contributed by atoms with Gasteiger partial charge in [0.2, 0.25) is 0 Å². The van der Waals surface area contributed by atoms with Crippen molar-refractivity contribution in [2.24, 2.45) is 0 Å². The molecule has 2 aromatic carbocycles. The number of anilines is 1. The number of phenols is 1. The van der Waals surface area contributed by atoms with Gasteiger partial charge in [0.05, 0.1) is 37.7 Å². The lowest BCUT2D eigenvalue weighted by Crippen LogP contribution is -3.15. The molecule has 1 aliphatic rings. The van der Waals surface area contributed by atoms with E-state index in [-0.39, 0.29) is 0 Å². The molecule has 0 radical (unpaired) electrons. The maximum Gasteiger partial charge on any atom is 0.115 e. The number of nitrogens with one attached hydrogen (secondary N) is 1. The fourth-order valence-electron chi connectivity index (χ4n) is 2.89. The first-order valence-corrected chi connectivity index (χ1v) is 9.81. The van der Waals surface area contributed by atoms with Crippen molar-refractivity contribution in [3.63, 3.8) is 0 Å². The van der Waals surface area contributed by atoms with Crippen LogP contribution in [0.4, 0.5) is 5.69 Å². The van der Waals surface area contributed by atoms with Crippen molar-refractivity contribution in [3.8, 4) is 5.75 Å². The van der Waals surface area contributed by atoms with Crippen molar-refractivity contribution in [2.45, 2.75) is 4.90 Å². The lowest BCUT2D eigenvalue weighted by atomic mass is 10.2. The summed E-state index contributed by atoms with van der Waals surface area (Å²) in [4.78, 5) is 5.06. The van der Waals surface area contributed by atoms with Gasteiger partial charge < -0.3 is 14.9 Å². The van der Waals surface area contributed by atoms with Crippen molar-refractivity contribution < 1.29 is 10.0 Å². The van der Waals surface area contributed by atoms with E-state index in [9.17, 15) is 5.11 Å². The van der Waals surface area contributed by atoms with Crippen molar-refractivity contribution in [1.82, 2.24) is 0 Å². The van der Waals surface area contributed by atoms with E-state index in [0.717, 1.165) is 53.4 Å². The largest absolute Gasteiger partial charge is 0.508 e. The summed E-state index contributed by atoms with van der Waals surface area (Å²) in [6.07, 6.45) is 0. The molecule has 0 bridgehead atoms. The van der Waals surface area contributed by atoms with Gasteiger partial charge in [-0.25, -0.2) is 0 Å². The van der Waals surface area contributed by atoms with Gasteiger partial charge in [-0.2, -0.15) is 0 Å². The molecule has 0 atom stereocenters. The molecule has 3 rings (SSSR count). The molecule has 0 aliphatic carbocycles. The Labute approximate surface area is 157 Å². The number of piperazine rings is 1. The predicted molar refractivity (Wildman–Crippen MR) is 103 cm³/mol. The third-order valence-electron chi connectivity index (χ3n) is 4.29. The number of benzene rings is 2. The minimum absolute atomic E-state index is 0.319. The first-order valence-electron chi connectivity index (χ1n) is 8.07. The number of nitrogens with zero attached hydrogens (tertiary/aromatic N) is 1. The monoisotopic (exact) mass is 383 g/mol. The van der Waals surface area contributed by atoms with E-state index in [4.69, 9.17) is 23.2 Å². The molecule has 6 heteroatoms. The molecule has 1 heterocycles. The number of aromatic hydroxyl groups is 1. The molecule has 24 heavy (non-hydrogen) atoms. The van der Waals surface area contributed by atoms with E-state index >= 15 is 0 Å². The standard InChI is InChI=1S/C18H20Cl2N2OS/c19-14-1-6-17(20)18(13-14)24-12-11-21-7-9-22(10-8-21)15-2-4-16(23)5-3-15/h1-6,13,23H,7-12H2/p+1. The lowest BCUT2D eigenvalue weighted by molar-refractivity contribution is -0.898. The van der Waals surface area contributed by atoms with Crippen LogP contribution >= 0.6 is 35.0 Å². The third kappa shape index (κ3) is 4.73. The summed E-state index contributed by atoms with van der Waals surface area (Å²) in [5.41, 5.74) is 1.19. The fraction of sp³-hybridized carbons (Fsp3) is 0.333. The van der Waals surface area contributed by atoms with E-state index in [1.807, 2.05) is 30.3 Å². The second kappa shape index (κ2) is 8.34. The Kier molecular flexibility index (Phi) is 6.17. The minimum atomic E-state index is 0.319. The second-order valence-electron chi connectivity index (χ2n) is 5.93. The molecule has 1 aliphatic heterocycles. The summed E-state index contributed by atoms with van der Waals surface area (Å²) in [7, 11) is 0. The number of hydrogen-bond donors (Lipinski definition) is 2. The first-order chi connectivity index (χ1) is 11.6. The van der Waals surface area contributed by atoms with Crippen LogP contribution in [0.15, 0.2) is 47.4 Å². The number of phenolic OH excluding ortho intramolecular Hbond substituents is 1. The van der Waals surface area contributed by atoms with Crippen LogP contribution < -0.4 is 9.80 Å².